The number of carbonyl (C=O) groups excluding carboxylic acids is 1. The monoisotopic (exact) mass is 334 g/mol. The minimum absolute atomic E-state index is 0.128. The van der Waals surface area contributed by atoms with Gasteiger partial charge in [-0.1, -0.05) is 24.6 Å². The first-order valence-electron chi connectivity index (χ1n) is 9.11. The van der Waals surface area contributed by atoms with Crippen molar-refractivity contribution in [1.29, 1.82) is 0 Å². The third kappa shape index (κ3) is 2.79. The summed E-state index contributed by atoms with van der Waals surface area (Å²) >= 11 is 0. The number of hydrogen-bond donors (Lipinski definition) is 3. The van der Waals surface area contributed by atoms with Crippen LogP contribution in [0.5, 0.6) is 0 Å². The number of fused-ring (bicyclic) bond motifs is 4. The van der Waals surface area contributed by atoms with Crippen LogP contribution >= 0.6 is 0 Å². The lowest BCUT2D eigenvalue weighted by Gasteiger charge is -2.51. The van der Waals surface area contributed by atoms with Gasteiger partial charge in [-0.15, -0.1) is 0 Å². The van der Waals surface area contributed by atoms with Crippen molar-refractivity contribution in [3.05, 3.63) is 23.3 Å². The molecule has 2 fully saturated rings. The van der Waals surface area contributed by atoms with Crippen LogP contribution in [0.15, 0.2) is 23.3 Å². The molecule has 4 nitrogen and oxygen atoms in total. The Hall–Kier alpha value is -0.970. The normalized spacial score (nSPS) is 47.9. The first-order valence-corrected chi connectivity index (χ1v) is 9.11. The van der Waals surface area contributed by atoms with Crippen molar-refractivity contribution < 1.29 is 20.1 Å². The van der Waals surface area contributed by atoms with Crippen molar-refractivity contribution in [3.63, 3.8) is 0 Å². The third-order valence-corrected chi connectivity index (χ3v) is 6.68. The Balaban J connectivity index is 2.06. The van der Waals surface area contributed by atoms with E-state index in [4.69, 9.17) is 0 Å². The summed E-state index contributed by atoms with van der Waals surface area (Å²) in [6.07, 6.45) is 6.65. The van der Waals surface area contributed by atoms with E-state index >= 15 is 0 Å². The molecule has 0 aromatic heterocycles. The van der Waals surface area contributed by atoms with Gasteiger partial charge < -0.3 is 15.3 Å². The van der Waals surface area contributed by atoms with Crippen LogP contribution in [0.1, 0.15) is 52.9 Å². The molecule has 1 unspecified atom stereocenters. The number of aldehydes is 1. The Labute approximate surface area is 144 Å². The van der Waals surface area contributed by atoms with Gasteiger partial charge in [0.1, 0.15) is 6.29 Å². The summed E-state index contributed by atoms with van der Waals surface area (Å²) in [7, 11) is 0. The van der Waals surface area contributed by atoms with Crippen LogP contribution < -0.4 is 0 Å². The number of aliphatic hydroxyl groups is 3. The lowest BCUT2D eigenvalue weighted by molar-refractivity contribution is -0.155. The van der Waals surface area contributed by atoms with Crippen molar-refractivity contribution in [1.82, 2.24) is 0 Å². The van der Waals surface area contributed by atoms with Gasteiger partial charge >= 0.3 is 0 Å². The van der Waals surface area contributed by atoms with Gasteiger partial charge in [0, 0.05) is 11.8 Å². The van der Waals surface area contributed by atoms with E-state index in [2.05, 4.69) is 0 Å². The molecule has 0 heterocycles. The molecule has 0 aromatic rings. The fraction of sp³-hybridized carbons (Fsp3) is 0.750. The minimum Gasteiger partial charge on any atom is -0.393 e. The highest BCUT2D eigenvalue weighted by Crippen LogP contribution is 2.56. The molecule has 134 valence electrons. The molecule has 2 saturated carbocycles. The second-order valence-corrected chi connectivity index (χ2v) is 8.76. The number of hydrogen-bond acceptors (Lipinski definition) is 4. The largest absolute Gasteiger partial charge is 0.393 e. The van der Waals surface area contributed by atoms with Gasteiger partial charge in [0.05, 0.1) is 17.8 Å². The standard InChI is InChI=1S/C20H30O4/c1-12(2)8-13-9-14(10-21)15-4-6-19(3)11-20(24,7-5-16(19)22)17(15)18(13)23/h8-10,13,15-18,22-24H,4-7,11H2,1-3H3/t13-,15-,16-,17+,18+,19+,20?/m1/s1. The van der Waals surface area contributed by atoms with Crippen molar-refractivity contribution in [2.75, 3.05) is 0 Å². The fourth-order valence-corrected chi connectivity index (χ4v) is 5.49. The van der Waals surface area contributed by atoms with Gasteiger partial charge in [0.25, 0.3) is 0 Å². The molecule has 3 aliphatic rings. The average molecular weight is 334 g/mol. The van der Waals surface area contributed by atoms with Crippen LogP contribution in [-0.2, 0) is 4.79 Å². The average Bonchev–Trinajstić information content (AvgIpc) is 2.60. The maximum absolute atomic E-state index is 11.7. The number of rotatable bonds is 2. The van der Waals surface area contributed by atoms with Crippen molar-refractivity contribution in [2.24, 2.45) is 23.2 Å². The van der Waals surface area contributed by atoms with Crippen LogP contribution in [0.25, 0.3) is 0 Å². The van der Waals surface area contributed by atoms with E-state index in [9.17, 15) is 20.1 Å². The van der Waals surface area contributed by atoms with Gasteiger partial charge in [-0.2, -0.15) is 0 Å². The van der Waals surface area contributed by atoms with E-state index in [1.807, 2.05) is 32.9 Å². The van der Waals surface area contributed by atoms with E-state index in [0.29, 0.717) is 24.8 Å². The highest BCUT2D eigenvalue weighted by molar-refractivity contribution is 5.75. The third-order valence-electron chi connectivity index (χ3n) is 6.68. The van der Waals surface area contributed by atoms with Gasteiger partial charge in [0.2, 0.25) is 0 Å². The molecule has 2 bridgehead atoms. The minimum atomic E-state index is -1.02. The number of carbonyl (C=O) groups is 1. The van der Waals surface area contributed by atoms with Crippen molar-refractivity contribution in [2.45, 2.75) is 70.7 Å². The van der Waals surface area contributed by atoms with Gasteiger partial charge in [0.15, 0.2) is 0 Å². The van der Waals surface area contributed by atoms with Gasteiger partial charge in [-0.05, 0) is 62.9 Å². The van der Waals surface area contributed by atoms with E-state index < -0.39 is 17.8 Å². The SMILES string of the molecule is CC(C)=C[C@@H]1C=C(C=O)[C@H]2CC[C@@]3(C)CC(O)(CC[C@H]3O)[C@@H]2[C@H]1O. The molecule has 24 heavy (non-hydrogen) atoms. The second-order valence-electron chi connectivity index (χ2n) is 8.76. The van der Waals surface area contributed by atoms with E-state index in [1.165, 1.54) is 0 Å². The summed E-state index contributed by atoms with van der Waals surface area (Å²) in [5.41, 5.74) is 0.421. The van der Waals surface area contributed by atoms with Crippen LogP contribution in [0, 0.1) is 23.2 Å². The predicted molar refractivity (Wildman–Crippen MR) is 92.2 cm³/mol. The number of aliphatic hydroxyl groups excluding tert-OH is 2. The lowest BCUT2D eigenvalue weighted by Crippen LogP contribution is -2.56. The van der Waals surface area contributed by atoms with Crippen LogP contribution in [0.4, 0.5) is 0 Å². The molecule has 7 atom stereocenters. The van der Waals surface area contributed by atoms with Gasteiger partial charge in [-0.25, -0.2) is 0 Å². The summed E-state index contributed by atoms with van der Waals surface area (Å²) < 4.78 is 0. The maximum Gasteiger partial charge on any atom is 0.146 e. The topological polar surface area (TPSA) is 77.8 Å². The molecule has 3 rings (SSSR count). The Morgan fingerprint density at radius 3 is 2.58 bits per heavy atom. The van der Waals surface area contributed by atoms with E-state index in [1.54, 1.807) is 0 Å². The Kier molecular flexibility index (Phi) is 4.52. The summed E-state index contributed by atoms with van der Waals surface area (Å²) in [4.78, 5) is 11.7. The molecule has 3 N–H and O–H groups in total. The van der Waals surface area contributed by atoms with Crippen molar-refractivity contribution in [3.8, 4) is 0 Å². The smallest absolute Gasteiger partial charge is 0.146 e. The summed E-state index contributed by atoms with van der Waals surface area (Å²) in [6, 6.07) is 0. The lowest BCUT2D eigenvalue weighted by atomic mass is 9.59. The second kappa shape index (κ2) is 6.08. The van der Waals surface area contributed by atoms with E-state index in [-0.39, 0.29) is 23.2 Å². The zero-order chi connectivity index (χ0) is 17.7. The fourth-order valence-electron chi connectivity index (χ4n) is 5.49. The summed E-state index contributed by atoms with van der Waals surface area (Å²) in [6.45, 7) is 5.98. The molecule has 0 aliphatic heterocycles. The first-order chi connectivity index (χ1) is 11.2. The number of allylic oxidation sites excluding steroid dienone is 2. The molecule has 0 amide bonds. The zero-order valence-electron chi connectivity index (χ0n) is 14.9. The van der Waals surface area contributed by atoms with E-state index in [0.717, 1.165) is 24.7 Å². The molecular formula is C20H30O4. The summed E-state index contributed by atoms with van der Waals surface area (Å²) in [5, 5.41) is 33.0. The molecule has 4 heteroatoms. The van der Waals surface area contributed by atoms with Crippen LogP contribution in [0.3, 0.4) is 0 Å². The van der Waals surface area contributed by atoms with Crippen LogP contribution in [-0.4, -0.2) is 39.4 Å². The Morgan fingerprint density at radius 1 is 1.25 bits per heavy atom. The highest BCUT2D eigenvalue weighted by Gasteiger charge is 2.58. The highest BCUT2D eigenvalue weighted by atomic mass is 16.3. The molecular weight excluding hydrogens is 304 g/mol. The quantitative estimate of drug-likeness (QED) is 0.535. The van der Waals surface area contributed by atoms with Crippen LogP contribution in [0.2, 0.25) is 0 Å². The Bertz CT molecular complexity index is 576. The van der Waals surface area contributed by atoms with Crippen molar-refractivity contribution >= 4 is 6.29 Å². The first kappa shape index (κ1) is 17.8. The maximum atomic E-state index is 11.7. The molecule has 0 saturated heterocycles. The molecule has 0 aromatic carbocycles. The predicted octanol–water partition coefficient (Wildman–Crippen LogP) is 2.38. The molecule has 0 spiro atoms. The molecule has 3 aliphatic carbocycles. The Morgan fingerprint density at radius 2 is 1.96 bits per heavy atom. The van der Waals surface area contributed by atoms with Gasteiger partial charge in [-0.3, -0.25) is 4.79 Å². The molecule has 0 radical (unpaired) electrons. The zero-order valence-corrected chi connectivity index (χ0v) is 14.9. The summed E-state index contributed by atoms with van der Waals surface area (Å²) in [5.74, 6) is -0.717.